The van der Waals surface area contributed by atoms with Crippen LogP contribution in [-0.4, -0.2) is 4.98 Å². The first-order chi connectivity index (χ1) is 5.66. The molecule has 1 aromatic rings. The summed E-state index contributed by atoms with van der Waals surface area (Å²) in [7, 11) is 0. The Morgan fingerprint density at radius 1 is 1.58 bits per heavy atom. The zero-order chi connectivity index (χ0) is 9.14. The van der Waals surface area contributed by atoms with E-state index in [1.165, 1.54) is 6.20 Å². The second-order valence-corrected chi connectivity index (χ2v) is 2.71. The second-order valence-electron chi connectivity index (χ2n) is 2.71. The molecular weight excluding hydrogens is 154 g/mol. The van der Waals surface area contributed by atoms with Gasteiger partial charge in [-0.2, -0.15) is 0 Å². The molecule has 0 unspecified atom stereocenters. The maximum atomic E-state index is 11.3. The summed E-state index contributed by atoms with van der Waals surface area (Å²) >= 11 is 0. The fraction of sp³-hybridized carbons (Fsp3) is 0.375. The molecule has 1 rings (SSSR count). The van der Waals surface area contributed by atoms with E-state index in [1.54, 1.807) is 6.20 Å². The van der Waals surface area contributed by atoms with E-state index in [0.717, 1.165) is 6.42 Å². The summed E-state index contributed by atoms with van der Waals surface area (Å²) in [6.45, 7) is 1.92. The molecule has 0 spiro atoms. The van der Waals surface area contributed by atoms with Crippen LogP contribution in [0.2, 0.25) is 0 Å². The first-order valence-electron chi connectivity index (χ1n) is 3.88. The van der Waals surface area contributed by atoms with Crippen LogP contribution in [0.3, 0.4) is 0 Å². The van der Waals surface area contributed by atoms with Gasteiger partial charge in [0.25, 0.3) is 0 Å². The summed E-state index contributed by atoms with van der Waals surface area (Å²) in [5.41, 5.74) is 11.7. The minimum Gasteiger partial charge on any atom is -0.394 e. The van der Waals surface area contributed by atoms with Gasteiger partial charge >= 0.3 is 0 Å². The zero-order valence-electron chi connectivity index (χ0n) is 7.00. The minimum absolute atomic E-state index is 0.164. The third-order valence-electron chi connectivity index (χ3n) is 1.84. The van der Waals surface area contributed by atoms with Crippen LogP contribution in [0.1, 0.15) is 24.9 Å². The van der Waals surface area contributed by atoms with Crippen molar-refractivity contribution < 1.29 is 0 Å². The number of aromatic amines is 1. The van der Waals surface area contributed by atoms with Gasteiger partial charge in [-0.3, -0.25) is 4.79 Å². The molecule has 0 aliphatic heterocycles. The maximum Gasteiger partial charge on any atom is 0.209 e. The largest absolute Gasteiger partial charge is 0.394 e. The molecule has 0 bridgehead atoms. The third kappa shape index (κ3) is 1.48. The topological polar surface area (TPSA) is 84.9 Å². The van der Waals surface area contributed by atoms with Crippen molar-refractivity contribution in [2.75, 3.05) is 5.73 Å². The van der Waals surface area contributed by atoms with Crippen LogP contribution in [0, 0.1) is 0 Å². The van der Waals surface area contributed by atoms with Crippen LogP contribution in [0.4, 0.5) is 5.69 Å². The van der Waals surface area contributed by atoms with E-state index in [-0.39, 0.29) is 17.2 Å². The Labute approximate surface area is 70.6 Å². The van der Waals surface area contributed by atoms with Crippen molar-refractivity contribution >= 4 is 5.69 Å². The number of pyridine rings is 1. The molecule has 0 aromatic carbocycles. The van der Waals surface area contributed by atoms with Gasteiger partial charge in [-0.05, 0) is 6.42 Å². The molecule has 5 N–H and O–H groups in total. The first kappa shape index (κ1) is 8.80. The van der Waals surface area contributed by atoms with Gasteiger partial charge < -0.3 is 16.5 Å². The number of H-pyrrole nitrogens is 1. The van der Waals surface area contributed by atoms with Crippen LogP contribution in [-0.2, 0) is 0 Å². The Balaban J connectivity index is 3.17. The molecule has 0 saturated carbocycles. The quantitative estimate of drug-likeness (QED) is 0.594. The Hall–Kier alpha value is -1.29. The van der Waals surface area contributed by atoms with E-state index >= 15 is 0 Å². The van der Waals surface area contributed by atoms with E-state index in [4.69, 9.17) is 11.5 Å². The molecule has 0 aliphatic carbocycles. The van der Waals surface area contributed by atoms with Gasteiger partial charge in [-0.15, -0.1) is 0 Å². The Kier molecular flexibility index (Phi) is 2.50. The van der Waals surface area contributed by atoms with Crippen molar-refractivity contribution in [3.05, 3.63) is 28.2 Å². The van der Waals surface area contributed by atoms with Gasteiger partial charge in [0.2, 0.25) is 5.43 Å². The fourth-order valence-corrected chi connectivity index (χ4v) is 1.01. The number of nitrogens with two attached hydrogens (primary N) is 2. The highest BCUT2D eigenvalue weighted by Crippen LogP contribution is 2.08. The number of nitrogens with one attached hydrogen (secondary N) is 1. The van der Waals surface area contributed by atoms with Crippen LogP contribution in [0.5, 0.6) is 0 Å². The molecule has 0 aliphatic rings. The molecule has 1 atom stereocenters. The molecule has 0 amide bonds. The van der Waals surface area contributed by atoms with Crippen molar-refractivity contribution in [1.82, 2.24) is 4.98 Å². The fourth-order valence-electron chi connectivity index (χ4n) is 1.01. The van der Waals surface area contributed by atoms with Crippen LogP contribution < -0.4 is 16.9 Å². The van der Waals surface area contributed by atoms with E-state index in [9.17, 15) is 4.79 Å². The monoisotopic (exact) mass is 167 g/mol. The summed E-state index contributed by atoms with van der Waals surface area (Å²) < 4.78 is 0. The number of aromatic nitrogens is 1. The van der Waals surface area contributed by atoms with Crippen molar-refractivity contribution in [1.29, 1.82) is 0 Å². The molecule has 1 aromatic heterocycles. The third-order valence-corrected chi connectivity index (χ3v) is 1.84. The highest BCUT2D eigenvalue weighted by atomic mass is 16.1. The van der Waals surface area contributed by atoms with Crippen LogP contribution in [0.25, 0.3) is 0 Å². The summed E-state index contributed by atoms with van der Waals surface area (Å²) in [4.78, 5) is 14.1. The molecule has 4 heteroatoms. The lowest BCUT2D eigenvalue weighted by atomic mass is 10.1. The average Bonchev–Trinajstić information content (AvgIpc) is 2.08. The molecule has 0 saturated heterocycles. The van der Waals surface area contributed by atoms with E-state index in [1.807, 2.05) is 6.92 Å². The lowest BCUT2D eigenvalue weighted by molar-refractivity contribution is 0.690. The summed E-state index contributed by atoms with van der Waals surface area (Å²) in [6, 6.07) is -0.225. The maximum absolute atomic E-state index is 11.3. The van der Waals surface area contributed by atoms with Gasteiger partial charge in [0.15, 0.2) is 0 Å². The molecule has 1 heterocycles. The number of hydrogen-bond donors (Lipinski definition) is 3. The molecule has 12 heavy (non-hydrogen) atoms. The Bertz CT molecular complexity index is 318. The van der Waals surface area contributed by atoms with Gasteiger partial charge in [-0.25, -0.2) is 0 Å². The van der Waals surface area contributed by atoms with Gasteiger partial charge in [0.1, 0.15) is 0 Å². The average molecular weight is 167 g/mol. The van der Waals surface area contributed by atoms with Gasteiger partial charge in [0, 0.05) is 24.0 Å². The van der Waals surface area contributed by atoms with Crippen molar-refractivity contribution in [2.24, 2.45) is 5.73 Å². The predicted octanol–water partition coefficient (Wildman–Crippen LogP) is 0.367. The van der Waals surface area contributed by atoms with E-state index < -0.39 is 0 Å². The highest BCUT2D eigenvalue weighted by molar-refractivity contribution is 5.38. The Morgan fingerprint density at radius 3 is 2.83 bits per heavy atom. The number of anilines is 1. The molecule has 66 valence electrons. The number of nitrogen functional groups attached to an aromatic ring is 1. The molecule has 0 radical (unpaired) electrons. The smallest absolute Gasteiger partial charge is 0.209 e. The van der Waals surface area contributed by atoms with Crippen molar-refractivity contribution in [2.45, 2.75) is 19.4 Å². The normalized spacial score (nSPS) is 12.8. The van der Waals surface area contributed by atoms with Crippen LogP contribution in [0.15, 0.2) is 17.2 Å². The molecule has 4 nitrogen and oxygen atoms in total. The lowest BCUT2D eigenvalue weighted by Crippen LogP contribution is -2.21. The van der Waals surface area contributed by atoms with Gasteiger partial charge in [0.05, 0.1) is 5.69 Å². The summed E-state index contributed by atoms with van der Waals surface area (Å²) in [6.07, 6.45) is 3.80. The Morgan fingerprint density at radius 2 is 2.25 bits per heavy atom. The second kappa shape index (κ2) is 3.40. The van der Waals surface area contributed by atoms with E-state index in [2.05, 4.69) is 4.98 Å². The summed E-state index contributed by atoms with van der Waals surface area (Å²) in [5.74, 6) is 0. The SMILES string of the molecule is CC[C@@H](N)c1c[nH]cc(N)c1=O. The standard InChI is InChI=1S/C8H13N3O/c1-2-6(9)5-3-11-4-7(10)8(5)12/h3-4,6H,2,9-10H2,1H3,(H,11,12)/t6-/m1/s1. The lowest BCUT2D eigenvalue weighted by Gasteiger charge is -2.07. The van der Waals surface area contributed by atoms with Crippen molar-refractivity contribution in [3.8, 4) is 0 Å². The van der Waals surface area contributed by atoms with E-state index in [0.29, 0.717) is 5.56 Å². The number of hydrogen-bond acceptors (Lipinski definition) is 3. The number of rotatable bonds is 2. The van der Waals surface area contributed by atoms with Crippen molar-refractivity contribution in [3.63, 3.8) is 0 Å². The molecule has 0 fully saturated rings. The minimum atomic E-state index is -0.225. The first-order valence-corrected chi connectivity index (χ1v) is 3.88. The summed E-state index contributed by atoms with van der Waals surface area (Å²) in [5, 5.41) is 0. The van der Waals surface area contributed by atoms with Crippen LogP contribution >= 0.6 is 0 Å². The predicted molar refractivity (Wildman–Crippen MR) is 48.7 cm³/mol. The zero-order valence-corrected chi connectivity index (χ0v) is 7.00. The van der Waals surface area contributed by atoms with Gasteiger partial charge in [-0.1, -0.05) is 6.92 Å². The highest BCUT2D eigenvalue weighted by Gasteiger charge is 2.08. The molecular formula is C8H13N3O.